The smallest absolute Gasteiger partial charge is 0.252 e. The van der Waals surface area contributed by atoms with Crippen LogP contribution in [-0.4, -0.2) is 23.1 Å². The summed E-state index contributed by atoms with van der Waals surface area (Å²) in [5.74, 6) is -0.800. The number of alkyl halides is 1. The van der Waals surface area contributed by atoms with Gasteiger partial charge < -0.3 is 5.32 Å². The highest BCUT2D eigenvalue weighted by atomic mass is 35.5. The predicted molar refractivity (Wildman–Crippen MR) is 78.4 cm³/mol. The highest BCUT2D eigenvalue weighted by Gasteiger charge is 2.32. The summed E-state index contributed by atoms with van der Waals surface area (Å²) in [7, 11) is 0. The van der Waals surface area contributed by atoms with Crippen LogP contribution >= 0.6 is 34.8 Å². The molecule has 1 aromatic rings. The molecule has 6 heteroatoms. The molecule has 1 N–H and O–H groups in total. The summed E-state index contributed by atoms with van der Waals surface area (Å²) in [6.45, 7) is 3.44. The fourth-order valence-corrected chi connectivity index (χ4v) is 2.33. The lowest BCUT2D eigenvalue weighted by molar-refractivity contribution is -0.122. The lowest BCUT2D eigenvalue weighted by Gasteiger charge is -2.27. The lowest BCUT2D eigenvalue weighted by atomic mass is 9.93. The van der Waals surface area contributed by atoms with Gasteiger partial charge in [0, 0.05) is 15.6 Å². The van der Waals surface area contributed by atoms with E-state index in [-0.39, 0.29) is 11.7 Å². The van der Waals surface area contributed by atoms with Crippen LogP contribution in [0.25, 0.3) is 0 Å². The molecule has 1 rings (SSSR count). The second-order valence-corrected chi connectivity index (χ2v) is 5.49. The molecule has 0 aliphatic heterocycles. The van der Waals surface area contributed by atoms with Crippen LogP contribution in [0.4, 0.5) is 0 Å². The zero-order valence-corrected chi connectivity index (χ0v) is 12.9. The second-order valence-electron chi connectivity index (χ2n) is 4.35. The Hall–Kier alpha value is -0.770. The first-order valence-corrected chi connectivity index (χ1v) is 6.99. The fraction of sp³-hybridized carbons (Fsp3) is 0.385. The van der Waals surface area contributed by atoms with Crippen LogP contribution in [0, 0.1) is 0 Å². The lowest BCUT2D eigenvalue weighted by Crippen LogP contribution is -2.52. The Morgan fingerprint density at radius 2 is 1.74 bits per heavy atom. The maximum absolute atomic E-state index is 12.1. The van der Waals surface area contributed by atoms with Gasteiger partial charge in [0.15, 0.2) is 5.78 Å². The van der Waals surface area contributed by atoms with Gasteiger partial charge in [-0.2, -0.15) is 0 Å². The van der Waals surface area contributed by atoms with Crippen molar-refractivity contribution in [2.45, 2.75) is 25.8 Å². The Labute approximate surface area is 127 Å². The number of Topliss-reactive ketones (excluding diaryl/α,β-unsaturated/α-hetero) is 1. The molecule has 19 heavy (non-hydrogen) atoms. The van der Waals surface area contributed by atoms with E-state index in [1.54, 1.807) is 13.8 Å². The number of halogens is 3. The molecule has 0 saturated carbocycles. The number of hydrogen-bond acceptors (Lipinski definition) is 2. The standard InChI is InChI=1S/C13H14Cl3NO2/c1-3-13(2,11(18)7-14)17-12(19)8-4-9(15)6-10(16)5-8/h4-6H,3,7H2,1-2H3,(H,17,19). The van der Waals surface area contributed by atoms with Crippen molar-refractivity contribution in [1.82, 2.24) is 5.32 Å². The molecule has 3 nitrogen and oxygen atoms in total. The second kappa shape index (κ2) is 6.60. The molecule has 0 heterocycles. The van der Waals surface area contributed by atoms with Crippen molar-refractivity contribution < 1.29 is 9.59 Å². The van der Waals surface area contributed by atoms with E-state index in [0.29, 0.717) is 22.0 Å². The van der Waals surface area contributed by atoms with Gasteiger partial charge in [-0.1, -0.05) is 30.1 Å². The van der Waals surface area contributed by atoms with E-state index in [0.717, 1.165) is 0 Å². The Bertz CT molecular complexity index is 484. The van der Waals surface area contributed by atoms with Crippen LogP contribution in [0.3, 0.4) is 0 Å². The topological polar surface area (TPSA) is 46.2 Å². The SMILES string of the molecule is CCC(C)(NC(=O)c1cc(Cl)cc(Cl)c1)C(=O)CCl. The molecule has 0 aromatic heterocycles. The van der Waals surface area contributed by atoms with Crippen LogP contribution in [0.5, 0.6) is 0 Å². The predicted octanol–water partition coefficient (Wildman–Crippen LogP) is 3.70. The third-order valence-corrected chi connectivity index (χ3v) is 3.64. The van der Waals surface area contributed by atoms with E-state index in [1.807, 2.05) is 0 Å². The largest absolute Gasteiger partial charge is 0.340 e. The van der Waals surface area contributed by atoms with Gasteiger partial charge in [-0.3, -0.25) is 9.59 Å². The van der Waals surface area contributed by atoms with Crippen molar-refractivity contribution in [2.75, 3.05) is 5.88 Å². The molecule has 1 atom stereocenters. The molecule has 0 saturated heterocycles. The van der Waals surface area contributed by atoms with Gasteiger partial charge >= 0.3 is 0 Å². The molecule has 1 amide bonds. The highest BCUT2D eigenvalue weighted by molar-refractivity contribution is 6.35. The minimum Gasteiger partial charge on any atom is -0.340 e. The van der Waals surface area contributed by atoms with E-state index in [4.69, 9.17) is 34.8 Å². The number of amides is 1. The van der Waals surface area contributed by atoms with E-state index in [9.17, 15) is 9.59 Å². The summed E-state index contributed by atoms with van der Waals surface area (Å²) in [6.07, 6.45) is 0.443. The van der Waals surface area contributed by atoms with Crippen LogP contribution in [0.15, 0.2) is 18.2 Å². The van der Waals surface area contributed by atoms with Crippen LogP contribution in [0.2, 0.25) is 10.0 Å². The number of ketones is 1. The molecule has 0 radical (unpaired) electrons. The highest BCUT2D eigenvalue weighted by Crippen LogP contribution is 2.20. The molecule has 0 bridgehead atoms. The van der Waals surface area contributed by atoms with Gasteiger partial charge in [0.1, 0.15) is 0 Å². The average molecular weight is 323 g/mol. The third-order valence-electron chi connectivity index (χ3n) is 2.96. The molecule has 1 aromatic carbocycles. The fourth-order valence-electron chi connectivity index (χ4n) is 1.51. The maximum Gasteiger partial charge on any atom is 0.252 e. The molecular weight excluding hydrogens is 309 g/mol. The monoisotopic (exact) mass is 321 g/mol. The number of rotatable bonds is 5. The Balaban J connectivity index is 2.98. The minimum atomic E-state index is -0.992. The van der Waals surface area contributed by atoms with Gasteiger partial charge in [0.25, 0.3) is 5.91 Å². The average Bonchev–Trinajstić information content (AvgIpc) is 2.36. The zero-order valence-electron chi connectivity index (χ0n) is 10.6. The minimum absolute atomic E-state index is 0.152. The summed E-state index contributed by atoms with van der Waals surface area (Å²) in [5.41, 5.74) is -0.687. The van der Waals surface area contributed by atoms with Crippen molar-refractivity contribution in [3.63, 3.8) is 0 Å². The van der Waals surface area contributed by atoms with Crippen molar-refractivity contribution in [1.29, 1.82) is 0 Å². The van der Waals surface area contributed by atoms with Gasteiger partial charge in [-0.15, -0.1) is 11.6 Å². The van der Waals surface area contributed by atoms with Crippen LogP contribution in [-0.2, 0) is 4.79 Å². The Morgan fingerprint density at radius 3 is 2.16 bits per heavy atom. The third kappa shape index (κ3) is 4.10. The number of nitrogens with one attached hydrogen (secondary N) is 1. The normalized spacial score (nSPS) is 13.7. The summed E-state index contributed by atoms with van der Waals surface area (Å²) >= 11 is 17.2. The first-order chi connectivity index (χ1) is 8.82. The van der Waals surface area contributed by atoms with Crippen molar-refractivity contribution in [3.8, 4) is 0 Å². The number of carbonyl (C=O) groups is 2. The Morgan fingerprint density at radius 1 is 1.21 bits per heavy atom. The van der Waals surface area contributed by atoms with Gasteiger partial charge in [-0.05, 0) is 31.5 Å². The van der Waals surface area contributed by atoms with Crippen LogP contribution < -0.4 is 5.32 Å². The number of carbonyl (C=O) groups excluding carboxylic acids is 2. The van der Waals surface area contributed by atoms with E-state index < -0.39 is 11.4 Å². The van der Waals surface area contributed by atoms with E-state index >= 15 is 0 Å². The summed E-state index contributed by atoms with van der Waals surface area (Å²) < 4.78 is 0. The molecule has 0 aliphatic carbocycles. The summed E-state index contributed by atoms with van der Waals surface area (Å²) in [4.78, 5) is 23.9. The summed E-state index contributed by atoms with van der Waals surface area (Å²) in [6, 6.07) is 4.51. The first-order valence-electron chi connectivity index (χ1n) is 5.70. The van der Waals surface area contributed by atoms with Gasteiger partial charge in [0.2, 0.25) is 0 Å². The molecule has 1 unspecified atom stereocenters. The van der Waals surface area contributed by atoms with Crippen molar-refractivity contribution in [2.24, 2.45) is 0 Å². The van der Waals surface area contributed by atoms with Crippen LogP contribution in [0.1, 0.15) is 30.6 Å². The van der Waals surface area contributed by atoms with Crippen molar-refractivity contribution >= 4 is 46.5 Å². The zero-order chi connectivity index (χ0) is 14.6. The molecular formula is C13H14Cl3NO2. The first kappa shape index (κ1) is 16.3. The molecule has 0 fully saturated rings. The molecule has 104 valence electrons. The van der Waals surface area contributed by atoms with Gasteiger partial charge in [-0.25, -0.2) is 0 Å². The quantitative estimate of drug-likeness (QED) is 0.840. The summed E-state index contributed by atoms with van der Waals surface area (Å²) in [5, 5.41) is 3.40. The molecule has 0 aliphatic rings. The number of benzene rings is 1. The molecule has 0 spiro atoms. The maximum atomic E-state index is 12.1. The van der Waals surface area contributed by atoms with E-state index in [2.05, 4.69) is 5.32 Å². The van der Waals surface area contributed by atoms with Crippen molar-refractivity contribution in [3.05, 3.63) is 33.8 Å². The number of hydrogen-bond donors (Lipinski definition) is 1. The Kier molecular flexibility index (Phi) is 5.65. The van der Waals surface area contributed by atoms with Gasteiger partial charge in [0.05, 0.1) is 11.4 Å². The van der Waals surface area contributed by atoms with E-state index in [1.165, 1.54) is 18.2 Å².